The number of hydrogen-bond donors (Lipinski definition) is 1. The first-order valence-electron chi connectivity index (χ1n) is 7.19. The van der Waals surface area contributed by atoms with Gasteiger partial charge in [0.15, 0.2) is 14.1 Å². The molecule has 0 spiro atoms. The highest BCUT2D eigenvalue weighted by Gasteiger charge is 2.18. The van der Waals surface area contributed by atoms with Gasteiger partial charge in [-0.05, 0) is 50.3 Å². The first kappa shape index (κ1) is 17.8. The summed E-state index contributed by atoms with van der Waals surface area (Å²) in [6.07, 6.45) is 0. The van der Waals surface area contributed by atoms with Gasteiger partial charge in [0.05, 0.1) is 10.9 Å². The summed E-state index contributed by atoms with van der Waals surface area (Å²) in [5.74, 6) is 0.451. The van der Waals surface area contributed by atoms with Gasteiger partial charge in [0.1, 0.15) is 11.6 Å². The number of aromatic nitrogens is 3. The molecule has 2 aromatic heterocycles. The molecule has 0 aliphatic heterocycles. The van der Waals surface area contributed by atoms with E-state index in [-0.39, 0.29) is 11.7 Å². The van der Waals surface area contributed by atoms with Gasteiger partial charge in [0, 0.05) is 6.07 Å². The van der Waals surface area contributed by atoms with Crippen molar-refractivity contribution < 1.29 is 13.7 Å². The van der Waals surface area contributed by atoms with Crippen LogP contribution in [0.15, 0.2) is 39.2 Å². The fraction of sp³-hybridized carbons (Fsp3) is 0.200. The lowest BCUT2D eigenvalue weighted by Gasteiger charge is -2.07. The molecule has 3 rings (SSSR count). The first-order chi connectivity index (χ1) is 11.9. The Bertz CT molecular complexity index is 948. The lowest BCUT2D eigenvalue weighted by Crippen LogP contribution is -2.22. The predicted molar refractivity (Wildman–Crippen MR) is 97.4 cm³/mol. The summed E-state index contributed by atoms with van der Waals surface area (Å²) in [5, 5.41) is 10.4. The monoisotopic (exact) mass is 396 g/mol. The van der Waals surface area contributed by atoms with Crippen LogP contribution in [0.1, 0.15) is 12.7 Å². The predicted octanol–water partition coefficient (Wildman–Crippen LogP) is 4.22. The summed E-state index contributed by atoms with van der Waals surface area (Å²) >= 11 is 7.88. The van der Waals surface area contributed by atoms with Crippen LogP contribution in [0.4, 0.5) is 10.2 Å². The number of thioether (sulfide) groups is 1. The van der Waals surface area contributed by atoms with E-state index in [0.717, 1.165) is 0 Å². The number of hydrogen-bond acceptors (Lipinski definition) is 7. The standard InChI is InChI=1S/C15H13FN4O2S3/c1-8-7-12(19-22-8)17-13(21)9(2)24-14-18-20(15(23)25-14)11-5-3-10(16)4-6-11/h3-7,9H,1-2H3,(H,17,19,21)/t9-/m0/s1. The maximum atomic E-state index is 13.0. The van der Waals surface area contributed by atoms with Gasteiger partial charge in [-0.2, -0.15) is 0 Å². The van der Waals surface area contributed by atoms with Crippen LogP contribution in [0.5, 0.6) is 0 Å². The average molecular weight is 396 g/mol. The molecule has 1 N–H and O–H groups in total. The Morgan fingerprint density at radius 2 is 2.16 bits per heavy atom. The number of anilines is 1. The Morgan fingerprint density at radius 1 is 1.44 bits per heavy atom. The third-order valence-corrected chi connectivity index (χ3v) is 5.54. The average Bonchev–Trinajstić information content (AvgIpc) is 3.13. The van der Waals surface area contributed by atoms with Gasteiger partial charge in [-0.15, -0.1) is 5.10 Å². The fourth-order valence-electron chi connectivity index (χ4n) is 1.91. The number of nitrogens with zero attached hydrogens (tertiary/aromatic N) is 3. The summed E-state index contributed by atoms with van der Waals surface area (Å²) in [4.78, 5) is 12.2. The summed E-state index contributed by atoms with van der Waals surface area (Å²) < 4.78 is 20.7. The van der Waals surface area contributed by atoms with Crippen molar-refractivity contribution in [3.8, 4) is 5.69 Å². The van der Waals surface area contributed by atoms with Crippen LogP contribution in [-0.4, -0.2) is 26.1 Å². The van der Waals surface area contributed by atoms with E-state index in [1.165, 1.54) is 35.2 Å². The van der Waals surface area contributed by atoms with Gasteiger partial charge in [-0.3, -0.25) is 4.79 Å². The molecule has 25 heavy (non-hydrogen) atoms. The lowest BCUT2D eigenvalue weighted by atomic mass is 10.3. The van der Waals surface area contributed by atoms with Gasteiger partial charge < -0.3 is 9.84 Å². The SMILES string of the molecule is Cc1cc(NC(=O)[C@H](C)Sc2nn(-c3ccc(F)cc3)c(=S)s2)no1. The van der Waals surface area contributed by atoms with Crippen molar-refractivity contribution >= 4 is 47.0 Å². The number of amides is 1. The highest BCUT2D eigenvalue weighted by atomic mass is 32.2. The third kappa shape index (κ3) is 4.33. The summed E-state index contributed by atoms with van der Waals surface area (Å²) in [6.45, 7) is 3.51. The second kappa shape index (κ2) is 7.46. The van der Waals surface area contributed by atoms with Crippen molar-refractivity contribution in [3.05, 3.63) is 45.9 Å². The number of nitrogens with one attached hydrogen (secondary N) is 1. The molecule has 1 atom stereocenters. The van der Waals surface area contributed by atoms with Gasteiger partial charge in [0.25, 0.3) is 0 Å². The molecule has 0 aliphatic rings. The summed E-state index contributed by atoms with van der Waals surface area (Å²) in [7, 11) is 0. The molecule has 0 fully saturated rings. The van der Waals surface area contributed by atoms with E-state index < -0.39 is 5.25 Å². The molecule has 0 radical (unpaired) electrons. The molecular weight excluding hydrogens is 383 g/mol. The summed E-state index contributed by atoms with van der Waals surface area (Å²) in [5.41, 5.74) is 0.671. The van der Waals surface area contributed by atoms with Crippen LogP contribution in [0, 0.1) is 16.7 Å². The maximum Gasteiger partial charge on any atom is 0.238 e. The van der Waals surface area contributed by atoms with E-state index in [1.807, 2.05) is 0 Å². The molecule has 0 saturated heterocycles. The molecule has 2 heterocycles. The second-order valence-corrected chi connectivity index (χ2v) is 8.30. The molecule has 130 valence electrons. The Morgan fingerprint density at radius 3 is 2.80 bits per heavy atom. The molecule has 0 unspecified atom stereocenters. The lowest BCUT2D eigenvalue weighted by molar-refractivity contribution is -0.115. The van der Waals surface area contributed by atoms with E-state index >= 15 is 0 Å². The van der Waals surface area contributed by atoms with Crippen molar-refractivity contribution in [2.24, 2.45) is 0 Å². The van der Waals surface area contributed by atoms with Crippen LogP contribution < -0.4 is 5.32 Å². The topological polar surface area (TPSA) is 73.0 Å². The highest BCUT2D eigenvalue weighted by Crippen LogP contribution is 2.28. The first-order valence-corrected chi connectivity index (χ1v) is 9.30. The zero-order chi connectivity index (χ0) is 18.0. The molecule has 3 aromatic rings. The fourth-order valence-corrected chi connectivity index (χ4v) is 4.42. The van der Waals surface area contributed by atoms with Crippen molar-refractivity contribution in [3.63, 3.8) is 0 Å². The van der Waals surface area contributed by atoms with E-state index in [4.69, 9.17) is 16.7 Å². The normalized spacial score (nSPS) is 12.1. The molecule has 6 nitrogen and oxygen atoms in total. The largest absolute Gasteiger partial charge is 0.360 e. The van der Waals surface area contributed by atoms with Crippen molar-refractivity contribution in [1.82, 2.24) is 14.9 Å². The zero-order valence-corrected chi connectivity index (χ0v) is 15.7. The van der Waals surface area contributed by atoms with E-state index in [0.29, 0.717) is 25.6 Å². The van der Waals surface area contributed by atoms with E-state index in [9.17, 15) is 9.18 Å². The molecule has 10 heteroatoms. The minimum atomic E-state index is -0.403. The summed E-state index contributed by atoms with van der Waals surface area (Å²) in [6, 6.07) is 7.53. The Balaban J connectivity index is 1.70. The Hall–Kier alpha value is -2.04. The number of halogens is 1. The van der Waals surface area contributed by atoms with Crippen molar-refractivity contribution in [2.75, 3.05) is 5.32 Å². The van der Waals surface area contributed by atoms with Gasteiger partial charge in [-0.1, -0.05) is 28.3 Å². The van der Waals surface area contributed by atoms with Crippen LogP contribution in [0.3, 0.4) is 0 Å². The number of aryl methyl sites for hydroxylation is 1. The Kier molecular flexibility index (Phi) is 5.30. The second-order valence-electron chi connectivity index (χ2n) is 5.09. The third-order valence-electron chi connectivity index (χ3n) is 3.13. The van der Waals surface area contributed by atoms with Crippen LogP contribution in [-0.2, 0) is 4.79 Å². The highest BCUT2D eigenvalue weighted by molar-refractivity contribution is 8.02. The van der Waals surface area contributed by atoms with E-state index in [2.05, 4.69) is 15.6 Å². The molecular formula is C15H13FN4O2S3. The molecule has 1 amide bonds. The van der Waals surface area contributed by atoms with Crippen LogP contribution in [0.25, 0.3) is 5.69 Å². The smallest absolute Gasteiger partial charge is 0.238 e. The molecule has 0 aliphatic carbocycles. The quantitative estimate of drug-likeness (QED) is 0.514. The molecule has 1 aromatic carbocycles. The minimum absolute atomic E-state index is 0.215. The van der Waals surface area contributed by atoms with Crippen molar-refractivity contribution in [2.45, 2.75) is 23.4 Å². The van der Waals surface area contributed by atoms with Crippen molar-refractivity contribution in [1.29, 1.82) is 0 Å². The van der Waals surface area contributed by atoms with Gasteiger partial charge >= 0.3 is 0 Å². The van der Waals surface area contributed by atoms with Gasteiger partial charge in [0.2, 0.25) is 5.91 Å². The zero-order valence-electron chi connectivity index (χ0n) is 13.2. The minimum Gasteiger partial charge on any atom is -0.360 e. The van der Waals surface area contributed by atoms with Crippen LogP contribution >= 0.6 is 35.3 Å². The number of carbonyl (C=O) groups excluding carboxylic acids is 1. The Labute approximate surface area is 156 Å². The molecule has 0 saturated carbocycles. The van der Waals surface area contributed by atoms with Gasteiger partial charge in [-0.25, -0.2) is 9.07 Å². The number of rotatable bonds is 5. The maximum absolute atomic E-state index is 13.0. The number of carbonyl (C=O) groups is 1. The van der Waals surface area contributed by atoms with Crippen LogP contribution in [0.2, 0.25) is 0 Å². The number of benzene rings is 1. The molecule has 0 bridgehead atoms. The van der Waals surface area contributed by atoms with E-state index in [1.54, 1.807) is 36.7 Å².